The summed E-state index contributed by atoms with van der Waals surface area (Å²) in [5.41, 5.74) is -7.68. The molecule has 0 aliphatic carbocycles. The van der Waals surface area contributed by atoms with Crippen molar-refractivity contribution in [1.82, 2.24) is 0 Å². The van der Waals surface area contributed by atoms with Crippen LogP contribution in [0.25, 0.3) is 0 Å². The van der Waals surface area contributed by atoms with Crippen LogP contribution in [0.15, 0.2) is 0 Å². The third kappa shape index (κ3) is 1.76. The predicted molar refractivity (Wildman–Crippen MR) is 35.7 cm³/mol. The molecule has 0 aromatic carbocycles. The Morgan fingerprint density at radius 3 is 1.23 bits per heavy atom. The van der Waals surface area contributed by atoms with Crippen LogP contribution in [0.3, 0.4) is 0 Å². The van der Waals surface area contributed by atoms with Gasteiger partial charge in [0.15, 0.2) is 0 Å². The predicted octanol–water partition coefficient (Wildman–Crippen LogP) is 4.38. The Morgan fingerprint density at radius 1 is 0.636 bits per heavy atom. The van der Waals surface area contributed by atoms with Gasteiger partial charge in [-0.2, -0.15) is 57.1 Å². The number of ether oxygens (including phenoxy) is 1. The van der Waals surface area contributed by atoms with Crippen molar-refractivity contribution in [3.05, 3.63) is 0 Å². The number of hydrogen-bond acceptors (Lipinski definition) is 1. The molecule has 1 rings (SSSR count). The van der Waals surface area contributed by atoms with Gasteiger partial charge in [0.2, 0.25) is 0 Å². The van der Waals surface area contributed by atoms with Gasteiger partial charge in [-0.25, -0.2) is 4.39 Å². The van der Waals surface area contributed by atoms with Crippen LogP contribution in [-0.2, 0) is 4.74 Å². The number of halogens is 14. The molecule has 0 bridgehead atoms. The first-order chi connectivity index (χ1) is 9.21. The zero-order chi connectivity index (χ0) is 18.2. The van der Waals surface area contributed by atoms with Gasteiger partial charge in [0.1, 0.15) is 0 Å². The summed E-state index contributed by atoms with van der Waals surface area (Å²) in [5.74, 6) is -22.5. The van der Waals surface area contributed by atoms with Crippen molar-refractivity contribution in [2.45, 2.75) is 41.8 Å². The SMILES string of the molecule is FC(F)(F)C(F)(F)[C@@]1(F)C(F)(F)O[C@@](F)(C(F)(F)F)C1(F)F. The van der Waals surface area contributed by atoms with Gasteiger partial charge in [-0.1, -0.05) is 0 Å². The van der Waals surface area contributed by atoms with Crippen molar-refractivity contribution in [2.75, 3.05) is 0 Å². The highest BCUT2D eigenvalue weighted by Crippen LogP contribution is 2.70. The van der Waals surface area contributed by atoms with E-state index in [1.807, 2.05) is 0 Å². The van der Waals surface area contributed by atoms with Crippen LogP contribution in [0, 0.1) is 0 Å². The normalized spacial score (nSPS) is 35.7. The maximum Gasteiger partial charge on any atom is 0.457 e. The summed E-state index contributed by atoms with van der Waals surface area (Å²) in [4.78, 5) is 0. The Labute approximate surface area is 109 Å². The second-order valence-electron chi connectivity index (χ2n) is 4.02. The van der Waals surface area contributed by atoms with Crippen molar-refractivity contribution in [1.29, 1.82) is 0 Å². The fraction of sp³-hybridized carbons (Fsp3) is 1.00. The summed E-state index contributed by atoms with van der Waals surface area (Å²) in [6.45, 7) is 0. The molecule has 0 saturated carbocycles. The van der Waals surface area contributed by atoms with Gasteiger partial charge in [-0.3, -0.25) is 4.74 Å². The van der Waals surface area contributed by atoms with E-state index in [1.54, 1.807) is 4.74 Å². The minimum atomic E-state index is -7.79. The van der Waals surface area contributed by atoms with Gasteiger partial charge in [0.25, 0.3) is 0 Å². The average molecular weight is 366 g/mol. The lowest BCUT2D eigenvalue weighted by Crippen LogP contribution is -2.71. The fourth-order valence-electron chi connectivity index (χ4n) is 1.53. The molecular formula is C7F14O. The van der Waals surface area contributed by atoms with E-state index < -0.39 is 41.8 Å². The molecule has 0 N–H and O–H groups in total. The Hall–Kier alpha value is -1.02. The Morgan fingerprint density at radius 2 is 1.00 bits per heavy atom. The number of hydrogen-bond donors (Lipinski definition) is 0. The molecule has 0 amide bonds. The molecule has 15 heteroatoms. The van der Waals surface area contributed by atoms with Crippen LogP contribution in [0.1, 0.15) is 0 Å². The molecule has 1 heterocycles. The molecule has 0 aromatic heterocycles. The molecular weight excluding hydrogens is 366 g/mol. The standard InChI is InChI=1S/C7F14O/c8-1(3(11,12)5(14,15)16)2(9,10)4(13,6(17,18)19)22-7(1,20)21/t1-,4-/m1/s1. The number of alkyl halides is 14. The molecule has 1 nitrogen and oxygen atoms in total. The van der Waals surface area contributed by atoms with Crippen molar-refractivity contribution < 1.29 is 66.2 Å². The molecule has 1 fully saturated rings. The van der Waals surface area contributed by atoms with Crippen LogP contribution in [0.5, 0.6) is 0 Å². The summed E-state index contributed by atoms with van der Waals surface area (Å²) in [6, 6.07) is 0. The van der Waals surface area contributed by atoms with Crippen LogP contribution >= 0.6 is 0 Å². The van der Waals surface area contributed by atoms with E-state index in [2.05, 4.69) is 0 Å². The van der Waals surface area contributed by atoms with Crippen LogP contribution in [-0.4, -0.2) is 41.8 Å². The van der Waals surface area contributed by atoms with Crippen molar-refractivity contribution in [3.8, 4) is 0 Å². The summed E-state index contributed by atoms with van der Waals surface area (Å²) in [5, 5.41) is 0. The second-order valence-corrected chi connectivity index (χ2v) is 4.02. The minimum Gasteiger partial charge on any atom is -0.267 e. The highest BCUT2D eigenvalue weighted by molar-refractivity contribution is 5.22. The van der Waals surface area contributed by atoms with Gasteiger partial charge >= 0.3 is 41.8 Å². The zero-order valence-electron chi connectivity index (χ0n) is 9.20. The highest BCUT2D eigenvalue weighted by Gasteiger charge is 3.02. The van der Waals surface area contributed by atoms with Gasteiger partial charge in [-0.05, 0) is 0 Å². The third-order valence-corrected chi connectivity index (χ3v) is 2.66. The first-order valence-corrected chi connectivity index (χ1v) is 4.55. The van der Waals surface area contributed by atoms with Crippen LogP contribution in [0.4, 0.5) is 61.5 Å². The van der Waals surface area contributed by atoms with Gasteiger partial charge in [-0.15, -0.1) is 0 Å². The Bertz CT molecular complexity index is 461. The Kier molecular flexibility index (Phi) is 3.53. The molecule has 22 heavy (non-hydrogen) atoms. The molecule has 0 aromatic rings. The van der Waals surface area contributed by atoms with E-state index in [-0.39, 0.29) is 0 Å². The summed E-state index contributed by atoms with van der Waals surface area (Å²) in [7, 11) is 0. The van der Waals surface area contributed by atoms with Crippen LogP contribution < -0.4 is 0 Å². The highest BCUT2D eigenvalue weighted by atomic mass is 19.4. The third-order valence-electron chi connectivity index (χ3n) is 2.66. The maximum atomic E-state index is 13.3. The van der Waals surface area contributed by atoms with Gasteiger partial charge in [0, 0.05) is 0 Å². The first-order valence-electron chi connectivity index (χ1n) is 4.55. The van der Waals surface area contributed by atoms with E-state index in [4.69, 9.17) is 0 Å². The molecule has 2 atom stereocenters. The molecule has 0 spiro atoms. The summed E-state index contributed by atoms with van der Waals surface area (Å²) >= 11 is 0. The molecule has 0 unspecified atom stereocenters. The van der Waals surface area contributed by atoms with E-state index in [0.29, 0.717) is 0 Å². The first kappa shape index (κ1) is 19.0. The summed E-state index contributed by atoms with van der Waals surface area (Å²) < 4.78 is 176. The van der Waals surface area contributed by atoms with Crippen molar-refractivity contribution >= 4 is 0 Å². The minimum absolute atomic E-state index is 1.68. The van der Waals surface area contributed by atoms with Crippen LogP contribution in [0.2, 0.25) is 0 Å². The Balaban J connectivity index is 3.75. The summed E-state index contributed by atoms with van der Waals surface area (Å²) in [6.07, 6.45) is -21.9. The van der Waals surface area contributed by atoms with Crippen molar-refractivity contribution in [2.24, 2.45) is 0 Å². The van der Waals surface area contributed by atoms with Gasteiger partial charge in [0.05, 0.1) is 0 Å². The van der Waals surface area contributed by atoms with Gasteiger partial charge < -0.3 is 0 Å². The lowest BCUT2D eigenvalue weighted by atomic mass is 9.86. The van der Waals surface area contributed by atoms with E-state index in [1.165, 1.54) is 0 Å². The monoisotopic (exact) mass is 366 g/mol. The maximum absolute atomic E-state index is 13.3. The quantitative estimate of drug-likeness (QED) is 0.626. The average Bonchev–Trinajstić information content (AvgIpc) is 2.33. The lowest BCUT2D eigenvalue weighted by molar-refractivity contribution is -0.410. The lowest BCUT2D eigenvalue weighted by Gasteiger charge is -2.37. The zero-order valence-corrected chi connectivity index (χ0v) is 9.20. The van der Waals surface area contributed by atoms with E-state index in [0.717, 1.165) is 0 Å². The molecule has 1 aliphatic rings. The van der Waals surface area contributed by atoms with Crippen molar-refractivity contribution in [3.63, 3.8) is 0 Å². The smallest absolute Gasteiger partial charge is 0.267 e. The number of rotatable bonds is 1. The molecule has 0 radical (unpaired) electrons. The molecule has 1 saturated heterocycles. The fourth-order valence-corrected chi connectivity index (χ4v) is 1.53. The van der Waals surface area contributed by atoms with E-state index in [9.17, 15) is 61.5 Å². The molecule has 1 aliphatic heterocycles. The topological polar surface area (TPSA) is 9.23 Å². The molecule has 132 valence electrons. The second kappa shape index (κ2) is 4.08. The largest absolute Gasteiger partial charge is 0.457 e. The van der Waals surface area contributed by atoms with E-state index >= 15 is 0 Å².